The van der Waals surface area contributed by atoms with Gasteiger partial charge in [0.25, 0.3) is 0 Å². The number of rotatable bonds is 8. The maximum atomic E-state index is 12.8. The minimum absolute atomic E-state index is 0.0884. The van der Waals surface area contributed by atoms with Gasteiger partial charge in [-0.1, -0.05) is 63.2 Å². The van der Waals surface area contributed by atoms with Gasteiger partial charge in [-0.05, 0) is 37.1 Å². The zero-order valence-electron chi connectivity index (χ0n) is 18.1. The van der Waals surface area contributed by atoms with Crippen molar-refractivity contribution in [1.29, 1.82) is 0 Å². The lowest BCUT2D eigenvalue weighted by atomic mass is 9.95. The van der Waals surface area contributed by atoms with Crippen LogP contribution < -0.4 is 10.1 Å². The molecule has 1 atom stereocenters. The van der Waals surface area contributed by atoms with Crippen LogP contribution in [-0.4, -0.2) is 29.3 Å². The normalized spacial score (nSPS) is 12.2. The van der Waals surface area contributed by atoms with Crippen molar-refractivity contribution in [2.75, 3.05) is 6.54 Å². The van der Waals surface area contributed by atoms with Crippen LogP contribution in [0, 0.1) is 5.41 Å². The molecule has 0 radical (unpaired) electrons. The Morgan fingerprint density at radius 1 is 1.00 bits per heavy atom. The van der Waals surface area contributed by atoms with Crippen LogP contribution in [0.25, 0.3) is 0 Å². The summed E-state index contributed by atoms with van der Waals surface area (Å²) in [5.41, 5.74) is 1.61. The summed E-state index contributed by atoms with van der Waals surface area (Å²) in [6, 6.07) is 17.2. The number of hydrogen-bond donors (Lipinski definition) is 1. The molecule has 156 valence electrons. The first-order chi connectivity index (χ1) is 13.7. The van der Waals surface area contributed by atoms with Gasteiger partial charge in [0, 0.05) is 18.5 Å². The lowest BCUT2D eigenvalue weighted by Gasteiger charge is -2.27. The standard InChI is InChI=1S/C24H32N2O3/c1-6-26(22(27)18(2)25-23(28)24(3,4)5)16-19-12-14-21(15-13-19)29-17-20-10-8-7-9-11-20/h7-15,18H,6,16-17H2,1-5H3,(H,25,28). The Bertz CT molecular complexity index is 795. The highest BCUT2D eigenvalue weighted by Crippen LogP contribution is 2.17. The molecule has 0 aliphatic carbocycles. The van der Waals surface area contributed by atoms with E-state index in [1.807, 2.05) is 82.3 Å². The molecule has 0 saturated heterocycles. The maximum absolute atomic E-state index is 12.8. The molecule has 5 nitrogen and oxygen atoms in total. The van der Waals surface area contributed by atoms with Crippen LogP contribution >= 0.6 is 0 Å². The van der Waals surface area contributed by atoms with E-state index < -0.39 is 11.5 Å². The van der Waals surface area contributed by atoms with Crippen molar-refractivity contribution in [1.82, 2.24) is 10.2 Å². The number of benzene rings is 2. The summed E-state index contributed by atoms with van der Waals surface area (Å²) in [6.07, 6.45) is 0. The van der Waals surface area contributed by atoms with Gasteiger partial charge in [0.05, 0.1) is 0 Å². The van der Waals surface area contributed by atoms with Gasteiger partial charge in [-0.3, -0.25) is 9.59 Å². The molecule has 29 heavy (non-hydrogen) atoms. The number of carbonyl (C=O) groups is 2. The van der Waals surface area contributed by atoms with E-state index in [1.54, 1.807) is 11.8 Å². The van der Waals surface area contributed by atoms with Gasteiger partial charge in [-0.15, -0.1) is 0 Å². The van der Waals surface area contributed by atoms with E-state index in [0.717, 1.165) is 16.9 Å². The van der Waals surface area contributed by atoms with E-state index >= 15 is 0 Å². The summed E-state index contributed by atoms with van der Waals surface area (Å²) in [5.74, 6) is 0.571. The van der Waals surface area contributed by atoms with Crippen molar-refractivity contribution in [2.45, 2.75) is 53.8 Å². The van der Waals surface area contributed by atoms with Crippen molar-refractivity contribution in [3.63, 3.8) is 0 Å². The van der Waals surface area contributed by atoms with Crippen molar-refractivity contribution >= 4 is 11.8 Å². The average molecular weight is 397 g/mol. The van der Waals surface area contributed by atoms with E-state index in [-0.39, 0.29) is 11.8 Å². The zero-order chi connectivity index (χ0) is 21.4. The number of ether oxygens (including phenoxy) is 1. The summed E-state index contributed by atoms with van der Waals surface area (Å²) >= 11 is 0. The highest BCUT2D eigenvalue weighted by atomic mass is 16.5. The zero-order valence-corrected chi connectivity index (χ0v) is 18.1. The van der Waals surface area contributed by atoms with Crippen LogP contribution in [0.2, 0.25) is 0 Å². The molecule has 2 rings (SSSR count). The summed E-state index contributed by atoms with van der Waals surface area (Å²) < 4.78 is 5.81. The lowest BCUT2D eigenvalue weighted by molar-refractivity contribution is -0.138. The molecule has 2 amide bonds. The van der Waals surface area contributed by atoms with Crippen LogP contribution in [0.5, 0.6) is 5.75 Å². The summed E-state index contributed by atoms with van der Waals surface area (Å²) in [7, 11) is 0. The molecular weight excluding hydrogens is 364 g/mol. The number of likely N-dealkylation sites (N-methyl/N-ethyl adjacent to an activating group) is 1. The average Bonchev–Trinajstić information content (AvgIpc) is 2.70. The number of hydrogen-bond acceptors (Lipinski definition) is 3. The van der Waals surface area contributed by atoms with Gasteiger partial charge < -0.3 is 15.0 Å². The number of carbonyl (C=O) groups excluding carboxylic acids is 2. The molecule has 2 aromatic carbocycles. The van der Waals surface area contributed by atoms with E-state index in [2.05, 4.69) is 5.32 Å². The van der Waals surface area contributed by atoms with Crippen LogP contribution in [0.1, 0.15) is 45.7 Å². The second-order valence-electron chi connectivity index (χ2n) is 8.22. The van der Waals surface area contributed by atoms with Crippen molar-refractivity contribution in [3.8, 4) is 5.75 Å². The quantitative estimate of drug-likeness (QED) is 0.729. The fourth-order valence-corrected chi connectivity index (χ4v) is 2.75. The Hall–Kier alpha value is -2.82. The molecule has 0 bridgehead atoms. The van der Waals surface area contributed by atoms with Crippen molar-refractivity contribution in [3.05, 3.63) is 65.7 Å². The Balaban J connectivity index is 1.92. The molecule has 0 saturated carbocycles. The topological polar surface area (TPSA) is 58.6 Å². The first-order valence-corrected chi connectivity index (χ1v) is 10.1. The summed E-state index contributed by atoms with van der Waals surface area (Å²) in [6.45, 7) is 10.7. The van der Waals surface area contributed by atoms with Gasteiger partial charge >= 0.3 is 0 Å². The Morgan fingerprint density at radius 3 is 2.17 bits per heavy atom. The number of nitrogens with zero attached hydrogens (tertiary/aromatic N) is 1. The molecule has 0 aliphatic rings. The third-order valence-electron chi connectivity index (χ3n) is 4.64. The summed E-state index contributed by atoms with van der Waals surface area (Å²) in [4.78, 5) is 26.7. The third-order valence-corrected chi connectivity index (χ3v) is 4.64. The minimum Gasteiger partial charge on any atom is -0.489 e. The molecular formula is C24H32N2O3. The second kappa shape index (κ2) is 10.1. The van der Waals surface area contributed by atoms with E-state index in [1.165, 1.54) is 0 Å². The van der Waals surface area contributed by atoms with E-state index in [4.69, 9.17) is 4.74 Å². The van der Waals surface area contributed by atoms with E-state index in [0.29, 0.717) is 19.7 Å². The highest BCUT2D eigenvalue weighted by Gasteiger charge is 2.27. The SMILES string of the molecule is CCN(Cc1ccc(OCc2ccccc2)cc1)C(=O)C(C)NC(=O)C(C)(C)C. The van der Waals surface area contributed by atoms with Crippen LogP contribution in [0.15, 0.2) is 54.6 Å². The largest absolute Gasteiger partial charge is 0.489 e. The van der Waals surface area contributed by atoms with Gasteiger partial charge in [-0.25, -0.2) is 0 Å². The molecule has 0 heterocycles. The van der Waals surface area contributed by atoms with Crippen LogP contribution in [0.3, 0.4) is 0 Å². The second-order valence-corrected chi connectivity index (χ2v) is 8.22. The summed E-state index contributed by atoms with van der Waals surface area (Å²) in [5, 5.41) is 2.81. The molecule has 1 unspecified atom stereocenters. The van der Waals surface area contributed by atoms with Crippen LogP contribution in [-0.2, 0) is 22.7 Å². The minimum atomic E-state index is -0.560. The van der Waals surface area contributed by atoms with Gasteiger partial charge in [0.2, 0.25) is 11.8 Å². The predicted octanol–water partition coefficient (Wildman–Crippen LogP) is 4.16. The Labute approximate surface area is 174 Å². The van der Waals surface area contributed by atoms with Crippen LogP contribution in [0.4, 0.5) is 0 Å². The highest BCUT2D eigenvalue weighted by molar-refractivity contribution is 5.89. The molecule has 1 N–H and O–H groups in total. The third kappa shape index (κ3) is 6.93. The Morgan fingerprint density at radius 2 is 1.62 bits per heavy atom. The molecule has 0 spiro atoms. The first-order valence-electron chi connectivity index (χ1n) is 10.1. The lowest BCUT2D eigenvalue weighted by Crippen LogP contribution is -2.49. The van der Waals surface area contributed by atoms with Gasteiger partial charge in [-0.2, -0.15) is 0 Å². The molecule has 2 aromatic rings. The Kier molecular flexibility index (Phi) is 7.82. The molecule has 0 aromatic heterocycles. The monoisotopic (exact) mass is 396 g/mol. The number of nitrogens with one attached hydrogen (secondary N) is 1. The van der Waals surface area contributed by atoms with Gasteiger partial charge in [0.15, 0.2) is 0 Å². The molecule has 0 aliphatic heterocycles. The molecule has 0 fully saturated rings. The smallest absolute Gasteiger partial charge is 0.245 e. The maximum Gasteiger partial charge on any atom is 0.245 e. The first kappa shape index (κ1) is 22.5. The van der Waals surface area contributed by atoms with Crippen molar-refractivity contribution < 1.29 is 14.3 Å². The van der Waals surface area contributed by atoms with Crippen molar-refractivity contribution in [2.24, 2.45) is 5.41 Å². The molecule has 5 heteroatoms. The van der Waals surface area contributed by atoms with Gasteiger partial charge in [0.1, 0.15) is 18.4 Å². The fourth-order valence-electron chi connectivity index (χ4n) is 2.75. The van der Waals surface area contributed by atoms with E-state index in [9.17, 15) is 9.59 Å². The fraction of sp³-hybridized carbons (Fsp3) is 0.417. The predicted molar refractivity (Wildman–Crippen MR) is 115 cm³/mol. The number of amides is 2.